The summed E-state index contributed by atoms with van der Waals surface area (Å²) < 4.78 is 24.5. The van der Waals surface area contributed by atoms with Crippen molar-refractivity contribution >= 4 is 0 Å². The second-order valence-corrected chi connectivity index (χ2v) is 4.49. The molecule has 1 aromatic carbocycles. The Morgan fingerprint density at radius 1 is 1.33 bits per heavy atom. The Morgan fingerprint density at radius 3 is 2.83 bits per heavy atom. The molecule has 2 rings (SSSR count). The van der Waals surface area contributed by atoms with Crippen molar-refractivity contribution in [2.24, 2.45) is 0 Å². The highest BCUT2D eigenvalue weighted by Gasteiger charge is 2.24. The Bertz CT molecular complexity index is 456. The average Bonchev–Trinajstić information content (AvgIpc) is 2.39. The molecule has 0 radical (unpaired) electrons. The van der Waals surface area contributed by atoms with Crippen LogP contribution in [0.2, 0.25) is 0 Å². The monoisotopic (exact) mass is 249 g/mol. The Hall–Kier alpha value is -1.60. The van der Waals surface area contributed by atoms with Gasteiger partial charge in [0.1, 0.15) is 29.3 Å². The molecule has 4 heteroatoms. The molecule has 0 heterocycles. The minimum absolute atomic E-state index is 0.00222. The second kappa shape index (κ2) is 5.83. The highest BCUT2D eigenvalue weighted by atomic mass is 19.1. The van der Waals surface area contributed by atoms with E-state index in [2.05, 4.69) is 0 Å². The first-order valence-corrected chi connectivity index (χ1v) is 6.12. The summed E-state index contributed by atoms with van der Waals surface area (Å²) in [7, 11) is 1.69. The normalized spacial score (nSPS) is 23.4. The molecule has 0 aliphatic heterocycles. The van der Waals surface area contributed by atoms with Crippen molar-refractivity contribution in [1.29, 1.82) is 5.26 Å². The number of halogens is 1. The van der Waals surface area contributed by atoms with Gasteiger partial charge in [-0.2, -0.15) is 5.26 Å². The van der Waals surface area contributed by atoms with Crippen molar-refractivity contribution < 1.29 is 13.9 Å². The van der Waals surface area contributed by atoms with Crippen molar-refractivity contribution in [2.75, 3.05) is 7.11 Å². The fourth-order valence-electron chi connectivity index (χ4n) is 2.31. The summed E-state index contributed by atoms with van der Waals surface area (Å²) in [5.41, 5.74) is -0.0166. The minimum atomic E-state index is -0.533. The van der Waals surface area contributed by atoms with Gasteiger partial charge in [0.05, 0.1) is 6.10 Å². The highest BCUT2D eigenvalue weighted by molar-refractivity contribution is 5.43. The predicted molar refractivity (Wildman–Crippen MR) is 64.8 cm³/mol. The van der Waals surface area contributed by atoms with E-state index in [1.165, 1.54) is 6.07 Å². The number of hydrogen-bond donors (Lipinski definition) is 0. The van der Waals surface area contributed by atoms with Crippen LogP contribution in [0.25, 0.3) is 0 Å². The first kappa shape index (κ1) is 12.8. The molecule has 3 nitrogen and oxygen atoms in total. The quantitative estimate of drug-likeness (QED) is 0.826. The van der Waals surface area contributed by atoms with Gasteiger partial charge < -0.3 is 9.47 Å². The third-order valence-corrected chi connectivity index (χ3v) is 3.29. The Balaban J connectivity index is 2.10. The van der Waals surface area contributed by atoms with E-state index in [1.54, 1.807) is 19.2 Å². The molecule has 2 unspecified atom stereocenters. The van der Waals surface area contributed by atoms with Crippen LogP contribution in [-0.4, -0.2) is 19.3 Å². The largest absolute Gasteiger partial charge is 0.489 e. The van der Waals surface area contributed by atoms with Crippen LogP contribution in [0.1, 0.15) is 31.2 Å². The van der Waals surface area contributed by atoms with Crippen LogP contribution < -0.4 is 4.74 Å². The van der Waals surface area contributed by atoms with Crippen molar-refractivity contribution in [3.63, 3.8) is 0 Å². The van der Waals surface area contributed by atoms with E-state index in [0.717, 1.165) is 25.7 Å². The van der Waals surface area contributed by atoms with Crippen molar-refractivity contribution in [1.82, 2.24) is 0 Å². The smallest absolute Gasteiger partial charge is 0.144 e. The lowest BCUT2D eigenvalue weighted by Gasteiger charge is -2.28. The number of benzene rings is 1. The van der Waals surface area contributed by atoms with Crippen LogP contribution in [0.4, 0.5) is 4.39 Å². The zero-order chi connectivity index (χ0) is 13.0. The summed E-state index contributed by atoms with van der Waals surface area (Å²) in [6.07, 6.45) is 3.96. The zero-order valence-corrected chi connectivity index (χ0v) is 10.4. The molecule has 1 fully saturated rings. The van der Waals surface area contributed by atoms with Crippen molar-refractivity contribution in [3.05, 3.63) is 29.6 Å². The van der Waals surface area contributed by atoms with Gasteiger partial charge in [-0.05, 0) is 31.4 Å². The third-order valence-electron chi connectivity index (χ3n) is 3.29. The van der Waals surface area contributed by atoms with Crippen molar-refractivity contribution in [3.8, 4) is 11.8 Å². The van der Waals surface area contributed by atoms with Crippen LogP contribution in [0.15, 0.2) is 18.2 Å². The Morgan fingerprint density at radius 2 is 2.11 bits per heavy atom. The van der Waals surface area contributed by atoms with Crippen LogP contribution in [0.5, 0.6) is 5.75 Å². The molecule has 2 atom stereocenters. The molecular formula is C14H16FNO2. The standard InChI is InChI=1S/C14H16FNO2/c1-17-10-4-2-5-11(8-10)18-14-7-3-6-13(15)12(14)9-16/h3,6-7,10-11H,2,4-5,8H2,1H3. The van der Waals surface area contributed by atoms with Gasteiger partial charge in [-0.1, -0.05) is 6.07 Å². The van der Waals surface area contributed by atoms with Gasteiger partial charge in [0.15, 0.2) is 0 Å². The Kier molecular flexibility index (Phi) is 4.16. The molecule has 1 aromatic rings. The van der Waals surface area contributed by atoms with E-state index in [1.807, 2.05) is 6.07 Å². The van der Waals surface area contributed by atoms with Gasteiger partial charge in [-0.25, -0.2) is 4.39 Å². The van der Waals surface area contributed by atoms with Crippen LogP contribution in [0, 0.1) is 17.1 Å². The predicted octanol–water partition coefficient (Wildman–Crippen LogP) is 3.03. The molecule has 0 saturated heterocycles. The molecule has 0 N–H and O–H groups in total. The molecule has 96 valence electrons. The van der Waals surface area contributed by atoms with Gasteiger partial charge >= 0.3 is 0 Å². The third kappa shape index (κ3) is 2.80. The van der Waals surface area contributed by atoms with Crippen LogP contribution in [-0.2, 0) is 4.74 Å². The molecule has 1 saturated carbocycles. The lowest BCUT2D eigenvalue weighted by Crippen LogP contribution is -2.29. The molecule has 1 aliphatic rings. The van der Waals surface area contributed by atoms with Gasteiger partial charge in [-0.15, -0.1) is 0 Å². The summed E-state index contributed by atoms with van der Waals surface area (Å²) in [4.78, 5) is 0. The number of hydrogen-bond acceptors (Lipinski definition) is 3. The van der Waals surface area contributed by atoms with E-state index < -0.39 is 5.82 Å². The molecule has 0 amide bonds. The molecule has 18 heavy (non-hydrogen) atoms. The number of nitrogens with zero attached hydrogens (tertiary/aromatic N) is 1. The highest BCUT2D eigenvalue weighted by Crippen LogP contribution is 2.28. The van der Waals surface area contributed by atoms with Gasteiger partial charge in [0, 0.05) is 13.5 Å². The number of methoxy groups -OCH3 is 1. The molecule has 1 aliphatic carbocycles. The fourth-order valence-corrected chi connectivity index (χ4v) is 2.31. The van der Waals surface area contributed by atoms with Gasteiger partial charge in [0.2, 0.25) is 0 Å². The average molecular weight is 249 g/mol. The summed E-state index contributed by atoms with van der Waals surface area (Å²) >= 11 is 0. The second-order valence-electron chi connectivity index (χ2n) is 4.49. The van der Waals surface area contributed by atoms with Gasteiger partial charge in [0.25, 0.3) is 0 Å². The first-order valence-electron chi connectivity index (χ1n) is 6.12. The number of ether oxygens (including phenoxy) is 2. The summed E-state index contributed by atoms with van der Waals surface area (Å²) in [5.74, 6) is -0.201. The fraction of sp³-hybridized carbons (Fsp3) is 0.500. The lowest BCUT2D eigenvalue weighted by molar-refractivity contribution is 0.0208. The maximum atomic E-state index is 13.4. The topological polar surface area (TPSA) is 42.2 Å². The first-order chi connectivity index (χ1) is 8.74. The summed E-state index contributed by atoms with van der Waals surface area (Å²) in [5, 5.41) is 8.93. The number of nitriles is 1. The lowest BCUT2D eigenvalue weighted by atomic mass is 9.95. The van der Waals surface area contributed by atoms with Crippen molar-refractivity contribution in [2.45, 2.75) is 37.9 Å². The minimum Gasteiger partial charge on any atom is -0.489 e. The van der Waals surface area contributed by atoms with Gasteiger partial charge in [-0.3, -0.25) is 0 Å². The van der Waals surface area contributed by atoms with E-state index in [4.69, 9.17) is 14.7 Å². The van der Waals surface area contributed by atoms with E-state index in [-0.39, 0.29) is 17.8 Å². The number of rotatable bonds is 3. The summed E-state index contributed by atoms with van der Waals surface area (Å²) in [6.45, 7) is 0. The SMILES string of the molecule is COC1CCCC(Oc2cccc(F)c2C#N)C1. The summed E-state index contributed by atoms with van der Waals surface area (Å²) in [6, 6.07) is 6.31. The van der Waals surface area contributed by atoms with Crippen LogP contribution >= 0.6 is 0 Å². The van der Waals surface area contributed by atoms with Crippen LogP contribution in [0.3, 0.4) is 0 Å². The molecule has 0 spiro atoms. The Labute approximate surface area is 106 Å². The molecule has 0 bridgehead atoms. The van der Waals surface area contributed by atoms with E-state index in [9.17, 15) is 4.39 Å². The van der Waals surface area contributed by atoms with E-state index in [0.29, 0.717) is 5.75 Å². The molecule has 0 aromatic heterocycles. The molecular weight excluding hydrogens is 233 g/mol. The maximum Gasteiger partial charge on any atom is 0.144 e. The van der Waals surface area contributed by atoms with E-state index >= 15 is 0 Å². The zero-order valence-electron chi connectivity index (χ0n) is 10.4. The maximum absolute atomic E-state index is 13.4.